The van der Waals surface area contributed by atoms with Gasteiger partial charge >= 0.3 is 6.18 Å². The second kappa shape index (κ2) is 4.95. The van der Waals surface area contributed by atoms with Crippen LogP contribution in [0, 0.1) is 0 Å². The summed E-state index contributed by atoms with van der Waals surface area (Å²) in [4.78, 5) is 0. The van der Waals surface area contributed by atoms with Gasteiger partial charge in [0.15, 0.2) is 0 Å². The highest BCUT2D eigenvalue weighted by Crippen LogP contribution is 2.54. The number of halogens is 3. The van der Waals surface area contributed by atoms with Gasteiger partial charge in [-0.05, 0) is 28.8 Å². The summed E-state index contributed by atoms with van der Waals surface area (Å²) in [6.45, 7) is 0.338. The Morgan fingerprint density at radius 2 is 1.75 bits per heavy atom. The van der Waals surface area contributed by atoms with Gasteiger partial charge in [0.1, 0.15) is 0 Å². The molecule has 3 nitrogen and oxygen atoms in total. The van der Waals surface area contributed by atoms with E-state index < -0.39 is 11.8 Å². The molecule has 1 heterocycles. The molecule has 0 fully saturated rings. The van der Waals surface area contributed by atoms with Crippen molar-refractivity contribution in [1.29, 1.82) is 0 Å². The zero-order valence-electron chi connectivity index (χ0n) is 12.5. The second-order valence-electron chi connectivity index (χ2n) is 5.84. The summed E-state index contributed by atoms with van der Waals surface area (Å²) in [5.74, 6) is 0. The standard InChI is InChI=1S/C18H13F3N2O/c19-18(20,21)17(24)15-5-2-1-4-13(15)14-7-6-12(10-16(14)17)11-23-9-3-8-22-23/h1-10,24H,11H2. The number of fused-ring (bicyclic) bond motifs is 3. The predicted octanol–water partition coefficient (Wildman–Crippen LogP) is 3.71. The topological polar surface area (TPSA) is 38.0 Å². The van der Waals surface area contributed by atoms with Gasteiger partial charge in [0, 0.05) is 23.5 Å². The maximum atomic E-state index is 13.7. The van der Waals surface area contributed by atoms with E-state index in [1.807, 2.05) is 0 Å². The van der Waals surface area contributed by atoms with Crippen LogP contribution in [-0.4, -0.2) is 21.1 Å². The molecule has 0 spiro atoms. The summed E-state index contributed by atoms with van der Waals surface area (Å²) in [6, 6.07) is 12.7. The lowest BCUT2D eigenvalue weighted by Crippen LogP contribution is -2.41. The quantitative estimate of drug-likeness (QED) is 0.778. The van der Waals surface area contributed by atoms with E-state index in [0.717, 1.165) is 0 Å². The van der Waals surface area contributed by atoms with Crippen molar-refractivity contribution in [3.63, 3.8) is 0 Å². The molecule has 6 heteroatoms. The maximum Gasteiger partial charge on any atom is 0.425 e. The van der Waals surface area contributed by atoms with E-state index >= 15 is 0 Å². The number of benzene rings is 2. The van der Waals surface area contributed by atoms with Gasteiger partial charge in [0.25, 0.3) is 0 Å². The fourth-order valence-corrected chi connectivity index (χ4v) is 3.29. The van der Waals surface area contributed by atoms with Crippen LogP contribution in [0.3, 0.4) is 0 Å². The molecule has 4 rings (SSSR count). The van der Waals surface area contributed by atoms with Crippen molar-refractivity contribution >= 4 is 0 Å². The third-order valence-corrected chi connectivity index (χ3v) is 4.39. The zero-order chi connectivity index (χ0) is 16.9. The Kier molecular flexibility index (Phi) is 3.08. The summed E-state index contributed by atoms with van der Waals surface area (Å²) in [5, 5.41) is 14.7. The van der Waals surface area contributed by atoms with Crippen LogP contribution in [-0.2, 0) is 12.1 Å². The Morgan fingerprint density at radius 1 is 1.00 bits per heavy atom. The summed E-state index contributed by atoms with van der Waals surface area (Å²) in [7, 11) is 0. The van der Waals surface area contributed by atoms with E-state index in [9.17, 15) is 18.3 Å². The van der Waals surface area contributed by atoms with E-state index in [2.05, 4.69) is 5.10 Å². The summed E-state index contributed by atoms with van der Waals surface area (Å²) in [6.07, 6.45) is -1.47. The molecule has 1 unspecified atom stereocenters. The van der Waals surface area contributed by atoms with Gasteiger partial charge < -0.3 is 5.11 Å². The minimum Gasteiger partial charge on any atom is -0.372 e. The number of nitrogens with zero attached hydrogens (tertiary/aromatic N) is 2. The normalized spacial score (nSPS) is 19.2. The first-order valence-electron chi connectivity index (χ1n) is 7.41. The second-order valence-corrected chi connectivity index (χ2v) is 5.84. The van der Waals surface area contributed by atoms with Crippen LogP contribution < -0.4 is 0 Å². The largest absolute Gasteiger partial charge is 0.425 e. The smallest absolute Gasteiger partial charge is 0.372 e. The number of alkyl halides is 3. The van der Waals surface area contributed by atoms with Crippen molar-refractivity contribution in [1.82, 2.24) is 9.78 Å². The van der Waals surface area contributed by atoms with E-state index in [1.54, 1.807) is 47.4 Å². The van der Waals surface area contributed by atoms with Gasteiger partial charge in [-0.2, -0.15) is 18.3 Å². The Hall–Kier alpha value is -2.60. The fraction of sp³-hybridized carbons (Fsp3) is 0.167. The van der Waals surface area contributed by atoms with Crippen molar-refractivity contribution in [2.45, 2.75) is 18.3 Å². The van der Waals surface area contributed by atoms with Crippen LogP contribution in [0.2, 0.25) is 0 Å². The van der Waals surface area contributed by atoms with Gasteiger partial charge in [-0.3, -0.25) is 4.68 Å². The number of hydrogen-bond acceptors (Lipinski definition) is 2. The molecule has 1 aromatic heterocycles. The van der Waals surface area contributed by atoms with Crippen molar-refractivity contribution in [3.05, 3.63) is 77.6 Å². The third-order valence-electron chi connectivity index (χ3n) is 4.39. The van der Waals surface area contributed by atoms with Crippen LogP contribution in [0.25, 0.3) is 11.1 Å². The summed E-state index contributed by atoms with van der Waals surface area (Å²) in [5.41, 5.74) is -1.76. The molecular formula is C18H13F3N2O. The van der Waals surface area contributed by atoms with Crippen LogP contribution in [0.1, 0.15) is 16.7 Å². The highest BCUT2D eigenvalue weighted by molar-refractivity contribution is 5.80. The number of rotatable bonds is 2. The highest BCUT2D eigenvalue weighted by Gasteiger charge is 2.60. The summed E-state index contributed by atoms with van der Waals surface area (Å²) < 4.78 is 42.9. The highest BCUT2D eigenvalue weighted by atomic mass is 19.4. The number of hydrogen-bond donors (Lipinski definition) is 1. The molecule has 122 valence electrons. The SMILES string of the molecule is OC1(C(F)(F)F)c2ccccc2-c2ccc(Cn3cccn3)cc21. The molecule has 0 radical (unpaired) electrons. The molecule has 0 saturated heterocycles. The molecule has 1 aliphatic carbocycles. The van der Waals surface area contributed by atoms with E-state index in [-0.39, 0.29) is 11.1 Å². The number of aromatic nitrogens is 2. The van der Waals surface area contributed by atoms with Gasteiger partial charge in [-0.25, -0.2) is 0 Å². The van der Waals surface area contributed by atoms with Crippen molar-refractivity contribution in [3.8, 4) is 11.1 Å². The maximum absolute atomic E-state index is 13.7. The van der Waals surface area contributed by atoms with Crippen molar-refractivity contribution < 1.29 is 18.3 Å². The lowest BCUT2D eigenvalue weighted by atomic mass is 9.90. The monoisotopic (exact) mass is 330 g/mol. The lowest BCUT2D eigenvalue weighted by molar-refractivity contribution is -0.246. The molecule has 1 aliphatic rings. The van der Waals surface area contributed by atoms with Gasteiger partial charge in [0.2, 0.25) is 5.60 Å². The molecule has 0 saturated carbocycles. The molecule has 1 N–H and O–H groups in total. The lowest BCUT2D eigenvalue weighted by Gasteiger charge is -2.28. The van der Waals surface area contributed by atoms with E-state index in [0.29, 0.717) is 23.2 Å². The summed E-state index contributed by atoms with van der Waals surface area (Å²) >= 11 is 0. The average molecular weight is 330 g/mol. The van der Waals surface area contributed by atoms with Gasteiger partial charge in [-0.15, -0.1) is 0 Å². The van der Waals surface area contributed by atoms with Crippen LogP contribution >= 0.6 is 0 Å². The first-order chi connectivity index (χ1) is 11.4. The Balaban J connectivity index is 1.89. The molecule has 2 aromatic carbocycles. The van der Waals surface area contributed by atoms with Crippen molar-refractivity contribution in [2.24, 2.45) is 0 Å². The predicted molar refractivity (Wildman–Crippen MR) is 82.3 cm³/mol. The molecular weight excluding hydrogens is 317 g/mol. The van der Waals surface area contributed by atoms with Crippen LogP contribution in [0.5, 0.6) is 0 Å². The van der Waals surface area contributed by atoms with Gasteiger partial charge in [0.05, 0.1) is 6.54 Å². The average Bonchev–Trinajstić information content (AvgIpc) is 3.14. The minimum atomic E-state index is -4.81. The van der Waals surface area contributed by atoms with Gasteiger partial charge in [-0.1, -0.05) is 36.4 Å². The Bertz CT molecular complexity index is 903. The Labute approximate surface area is 136 Å². The first-order valence-corrected chi connectivity index (χ1v) is 7.41. The Morgan fingerprint density at radius 3 is 2.46 bits per heavy atom. The van der Waals surface area contributed by atoms with Crippen LogP contribution in [0.15, 0.2) is 60.9 Å². The molecule has 0 bridgehead atoms. The number of aliphatic hydroxyl groups is 1. The molecule has 0 amide bonds. The molecule has 24 heavy (non-hydrogen) atoms. The third kappa shape index (κ3) is 1.99. The molecule has 3 aromatic rings. The van der Waals surface area contributed by atoms with Crippen LogP contribution in [0.4, 0.5) is 13.2 Å². The fourth-order valence-electron chi connectivity index (χ4n) is 3.29. The van der Waals surface area contributed by atoms with E-state index in [1.165, 1.54) is 18.2 Å². The van der Waals surface area contributed by atoms with Crippen molar-refractivity contribution in [2.75, 3.05) is 0 Å². The molecule has 0 aliphatic heterocycles. The molecule has 1 atom stereocenters. The first kappa shape index (κ1) is 15.0. The van der Waals surface area contributed by atoms with E-state index in [4.69, 9.17) is 0 Å². The zero-order valence-corrected chi connectivity index (χ0v) is 12.5. The minimum absolute atomic E-state index is 0.122.